The van der Waals surface area contributed by atoms with Gasteiger partial charge in [-0.3, -0.25) is 4.79 Å². The van der Waals surface area contributed by atoms with E-state index in [0.29, 0.717) is 19.7 Å². The van der Waals surface area contributed by atoms with Crippen LogP contribution in [0.3, 0.4) is 0 Å². The van der Waals surface area contributed by atoms with Crippen LogP contribution in [0.5, 0.6) is 0 Å². The second-order valence-electron chi connectivity index (χ2n) is 4.84. The molecule has 1 N–H and O–H groups in total. The van der Waals surface area contributed by atoms with Gasteiger partial charge in [-0.1, -0.05) is 64.5 Å². The number of aromatic nitrogens is 2. The zero-order chi connectivity index (χ0) is 17.8. The van der Waals surface area contributed by atoms with Gasteiger partial charge in [0.15, 0.2) is 8.29 Å². The number of hydrogen-bond acceptors (Lipinski definition) is 5. The molecule has 0 aliphatic carbocycles. The molecular weight excluding hydrogens is 417 g/mol. The highest BCUT2D eigenvalue weighted by atomic mass is 35.5. The van der Waals surface area contributed by atoms with Crippen LogP contribution in [0.1, 0.15) is 0 Å². The first-order chi connectivity index (χ1) is 12.0. The summed E-state index contributed by atoms with van der Waals surface area (Å²) in [4.78, 5) is 12.1. The zero-order valence-electron chi connectivity index (χ0n) is 12.6. The van der Waals surface area contributed by atoms with Gasteiger partial charge in [0.25, 0.3) is 0 Å². The van der Waals surface area contributed by atoms with Crippen LogP contribution in [0, 0.1) is 3.95 Å². The molecule has 0 spiro atoms. The number of carbonyl (C=O) groups excluding carboxylic acids is 1. The molecule has 0 atom stereocenters. The average Bonchev–Trinajstić information content (AvgIpc) is 2.98. The second kappa shape index (κ2) is 8.33. The van der Waals surface area contributed by atoms with E-state index in [1.54, 1.807) is 22.9 Å². The fraction of sp³-hybridized carbons (Fsp3) is 0.0625. The highest BCUT2D eigenvalue weighted by Crippen LogP contribution is 2.27. The summed E-state index contributed by atoms with van der Waals surface area (Å²) >= 11 is 20.0. The van der Waals surface area contributed by atoms with Crippen molar-refractivity contribution in [3.63, 3.8) is 0 Å². The molecule has 0 aliphatic heterocycles. The molecule has 1 amide bonds. The third kappa shape index (κ3) is 4.83. The summed E-state index contributed by atoms with van der Waals surface area (Å²) in [5, 5.41) is 8.14. The van der Waals surface area contributed by atoms with Gasteiger partial charge in [0, 0.05) is 5.02 Å². The number of benzene rings is 2. The van der Waals surface area contributed by atoms with Crippen molar-refractivity contribution in [1.82, 2.24) is 9.78 Å². The Morgan fingerprint density at radius 1 is 1.24 bits per heavy atom. The monoisotopic (exact) mass is 427 g/mol. The predicted molar refractivity (Wildman–Crippen MR) is 108 cm³/mol. The first-order valence-electron chi connectivity index (χ1n) is 7.06. The van der Waals surface area contributed by atoms with E-state index in [2.05, 4.69) is 10.4 Å². The summed E-state index contributed by atoms with van der Waals surface area (Å²) in [5.74, 6) is 0.00135. The minimum Gasteiger partial charge on any atom is -0.324 e. The van der Waals surface area contributed by atoms with Crippen molar-refractivity contribution >= 4 is 70.1 Å². The molecule has 0 aliphatic rings. The fourth-order valence-corrected chi connectivity index (χ4v) is 4.46. The number of rotatable bonds is 5. The van der Waals surface area contributed by atoms with Gasteiger partial charge in [-0.15, -0.1) is 5.10 Å². The number of nitrogens with one attached hydrogen (secondary N) is 1. The quantitative estimate of drug-likeness (QED) is 0.418. The molecule has 0 bridgehead atoms. The Morgan fingerprint density at radius 2 is 2.00 bits per heavy atom. The van der Waals surface area contributed by atoms with Gasteiger partial charge in [0.1, 0.15) is 0 Å². The molecule has 0 saturated heterocycles. The summed E-state index contributed by atoms with van der Waals surface area (Å²) < 4.78 is 3.04. The Morgan fingerprint density at radius 3 is 2.76 bits per heavy atom. The van der Waals surface area contributed by atoms with Gasteiger partial charge in [-0.25, -0.2) is 4.68 Å². The minimum atomic E-state index is -0.193. The van der Waals surface area contributed by atoms with Gasteiger partial charge < -0.3 is 5.32 Å². The van der Waals surface area contributed by atoms with E-state index in [1.165, 1.54) is 23.1 Å². The van der Waals surface area contributed by atoms with E-state index in [1.807, 2.05) is 30.3 Å². The smallest absolute Gasteiger partial charge is 0.234 e. The van der Waals surface area contributed by atoms with Gasteiger partial charge in [-0.05, 0) is 42.5 Å². The van der Waals surface area contributed by atoms with E-state index in [4.69, 9.17) is 35.4 Å². The average molecular weight is 428 g/mol. The third-order valence-electron chi connectivity index (χ3n) is 3.06. The SMILES string of the molecule is O=C(CSc1nn(-c2ccccc2)c(=S)s1)Nc1cc(Cl)ccc1Cl. The van der Waals surface area contributed by atoms with Crippen LogP contribution < -0.4 is 5.32 Å². The van der Waals surface area contributed by atoms with Crippen LogP contribution in [-0.4, -0.2) is 21.4 Å². The van der Waals surface area contributed by atoms with E-state index in [-0.39, 0.29) is 11.7 Å². The number of para-hydroxylation sites is 1. The van der Waals surface area contributed by atoms with Crippen molar-refractivity contribution in [2.45, 2.75) is 4.34 Å². The lowest BCUT2D eigenvalue weighted by Gasteiger charge is -2.06. The van der Waals surface area contributed by atoms with Crippen molar-refractivity contribution < 1.29 is 4.79 Å². The molecule has 9 heteroatoms. The molecule has 0 saturated carbocycles. The highest BCUT2D eigenvalue weighted by molar-refractivity contribution is 8.01. The van der Waals surface area contributed by atoms with Crippen molar-refractivity contribution in [3.05, 3.63) is 62.5 Å². The van der Waals surface area contributed by atoms with Gasteiger partial charge in [0.2, 0.25) is 5.91 Å². The molecule has 2 aromatic carbocycles. The highest BCUT2D eigenvalue weighted by Gasteiger charge is 2.11. The van der Waals surface area contributed by atoms with Crippen molar-refractivity contribution in [3.8, 4) is 5.69 Å². The van der Waals surface area contributed by atoms with Crippen LogP contribution in [-0.2, 0) is 4.79 Å². The van der Waals surface area contributed by atoms with E-state index in [9.17, 15) is 4.79 Å². The lowest BCUT2D eigenvalue weighted by molar-refractivity contribution is -0.113. The fourth-order valence-electron chi connectivity index (χ4n) is 1.96. The van der Waals surface area contributed by atoms with Crippen molar-refractivity contribution in [2.75, 3.05) is 11.1 Å². The van der Waals surface area contributed by atoms with E-state index in [0.717, 1.165) is 10.0 Å². The Bertz CT molecular complexity index is 957. The van der Waals surface area contributed by atoms with E-state index >= 15 is 0 Å². The number of nitrogens with zero attached hydrogens (tertiary/aromatic N) is 2. The van der Waals surface area contributed by atoms with Gasteiger partial charge >= 0.3 is 0 Å². The maximum atomic E-state index is 12.1. The summed E-state index contributed by atoms with van der Waals surface area (Å²) in [7, 11) is 0. The topological polar surface area (TPSA) is 46.9 Å². The lowest BCUT2D eigenvalue weighted by atomic mass is 10.3. The summed E-state index contributed by atoms with van der Waals surface area (Å²) in [5.41, 5.74) is 1.38. The molecule has 1 aromatic heterocycles. The normalized spacial score (nSPS) is 10.6. The molecule has 128 valence electrons. The summed E-state index contributed by atoms with van der Waals surface area (Å²) in [6.07, 6.45) is 0. The number of carbonyl (C=O) groups is 1. The number of halogens is 2. The Labute approximate surface area is 167 Å². The molecule has 4 nitrogen and oxygen atoms in total. The maximum absolute atomic E-state index is 12.1. The van der Waals surface area contributed by atoms with Gasteiger partial charge in [0.05, 0.1) is 22.2 Å². The molecule has 25 heavy (non-hydrogen) atoms. The Hall–Kier alpha value is -1.38. The predicted octanol–water partition coefficient (Wildman–Crippen LogP) is 5.70. The summed E-state index contributed by atoms with van der Waals surface area (Å²) in [6.45, 7) is 0. The zero-order valence-corrected chi connectivity index (χ0v) is 16.6. The van der Waals surface area contributed by atoms with Crippen molar-refractivity contribution in [2.24, 2.45) is 0 Å². The minimum absolute atomic E-state index is 0.193. The van der Waals surface area contributed by atoms with Crippen LogP contribution >= 0.6 is 58.5 Å². The molecule has 0 unspecified atom stereocenters. The maximum Gasteiger partial charge on any atom is 0.234 e. The second-order valence-corrected chi connectivity index (χ2v) is 8.53. The molecule has 3 aromatic rings. The first-order valence-corrected chi connectivity index (χ1v) is 10.0. The number of anilines is 1. The Balaban J connectivity index is 1.65. The first kappa shape index (κ1) is 18.4. The standard InChI is InChI=1S/C16H11Cl2N3OS3/c17-10-6-7-12(18)13(8-10)19-14(22)9-24-15-20-21(16(23)25-15)11-4-2-1-3-5-11/h1-8H,9H2,(H,19,22). The van der Waals surface area contributed by atoms with Crippen LogP contribution in [0.15, 0.2) is 52.9 Å². The summed E-state index contributed by atoms with van der Waals surface area (Å²) in [6, 6.07) is 14.5. The van der Waals surface area contributed by atoms with E-state index < -0.39 is 0 Å². The third-order valence-corrected chi connectivity index (χ3v) is 5.99. The molecular formula is C16H11Cl2N3OS3. The molecule has 0 radical (unpaired) electrons. The van der Waals surface area contributed by atoms with Crippen molar-refractivity contribution in [1.29, 1.82) is 0 Å². The van der Waals surface area contributed by atoms with Crippen LogP contribution in [0.4, 0.5) is 5.69 Å². The van der Waals surface area contributed by atoms with Gasteiger partial charge in [-0.2, -0.15) is 0 Å². The number of thioether (sulfide) groups is 1. The molecule has 3 rings (SSSR count). The molecule has 0 fully saturated rings. The van der Waals surface area contributed by atoms with Crippen LogP contribution in [0.2, 0.25) is 10.0 Å². The number of hydrogen-bond donors (Lipinski definition) is 1. The lowest BCUT2D eigenvalue weighted by Crippen LogP contribution is -2.14. The Kier molecular flexibility index (Phi) is 6.14. The van der Waals surface area contributed by atoms with Crippen LogP contribution in [0.25, 0.3) is 5.69 Å². The largest absolute Gasteiger partial charge is 0.324 e. The molecule has 1 heterocycles. The number of amides is 1.